The molecule has 0 aliphatic carbocycles. The Kier molecular flexibility index (Phi) is 4.16. The summed E-state index contributed by atoms with van der Waals surface area (Å²) in [6, 6.07) is 3.01. The number of nitrogens with zero attached hydrogens (tertiary/aromatic N) is 2. The van der Waals surface area contributed by atoms with Crippen LogP contribution in [-0.2, 0) is 0 Å². The second-order valence-electron chi connectivity index (χ2n) is 5.55. The van der Waals surface area contributed by atoms with Gasteiger partial charge in [0.15, 0.2) is 0 Å². The molecule has 1 aliphatic rings. The van der Waals surface area contributed by atoms with Crippen molar-refractivity contribution in [1.29, 1.82) is 5.26 Å². The minimum atomic E-state index is 0.347. The summed E-state index contributed by atoms with van der Waals surface area (Å²) in [5.74, 6) is 0.547. The molecule has 0 aromatic rings. The van der Waals surface area contributed by atoms with E-state index < -0.39 is 0 Å². The van der Waals surface area contributed by atoms with Crippen molar-refractivity contribution in [3.05, 3.63) is 0 Å². The molecule has 15 heavy (non-hydrogen) atoms. The van der Waals surface area contributed by atoms with E-state index in [0.29, 0.717) is 23.8 Å². The molecule has 0 N–H and O–H groups in total. The Hall–Kier alpha value is -0.550. The largest absolute Gasteiger partial charge is 0.300 e. The smallest absolute Gasteiger partial charge is 0.0625 e. The normalized spacial score (nSPS) is 28.3. The second kappa shape index (κ2) is 4.99. The highest BCUT2D eigenvalue weighted by molar-refractivity contribution is 4.92. The molecule has 0 aromatic carbocycles. The molecule has 2 atom stereocenters. The average molecular weight is 208 g/mol. The third-order valence-electron chi connectivity index (χ3n) is 4.16. The Morgan fingerprint density at radius 1 is 1.53 bits per heavy atom. The summed E-state index contributed by atoms with van der Waals surface area (Å²) in [6.07, 6.45) is 3.14. The Morgan fingerprint density at radius 2 is 2.20 bits per heavy atom. The van der Waals surface area contributed by atoms with Gasteiger partial charge in [0.05, 0.1) is 6.07 Å². The molecule has 0 saturated carbocycles. The molecule has 1 fully saturated rings. The quantitative estimate of drug-likeness (QED) is 0.713. The van der Waals surface area contributed by atoms with Gasteiger partial charge >= 0.3 is 0 Å². The lowest BCUT2D eigenvalue weighted by molar-refractivity contribution is 0.0394. The van der Waals surface area contributed by atoms with Crippen LogP contribution < -0.4 is 0 Å². The Bertz CT molecular complexity index is 239. The van der Waals surface area contributed by atoms with Gasteiger partial charge < -0.3 is 4.90 Å². The van der Waals surface area contributed by atoms with Gasteiger partial charge in [0.25, 0.3) is 0 Å². The summed E-state index contributed by atoms with van der Waals surface area (Å²) in [6.45, 7) is 11.5. The van der Waals surface area contributed by atoms with E-state index in [-0.39, 0.29) is 0 Å². The fourth-order valence-corrected chi connectivity index (χ4v) is 2.37. The van der Waals surface area contributed by atoms with E-state index in [9.17, 15) is 0 Å². The monoisotopic (exact) mass is 208 g/mol. The maximum Gasteiger partial charge on any atom is 0.0625 e. The van der Waals surface area contributed by atoms with E-state index in [2.05, 4.69) is 38.7 Å². The molecule has 0 radical (unpaired) electrons. The van der Waals surface area contributed by atoms with E-state index in [1.807, 2.05) is 0 Å². The average Bonchev–Trinajstić information content (AvgIpc) is 2.20. The Balaban J connectivity index is 2.63. The van der Waals surface area contributed by atoms with Gasteiger partial charge in [-0.2, -0.15) is 5.26 Å². The van der Waals surface area contributed by atoms with Gasteiger partial charge in [-0.3, -0.25) is 0 Å². The van der Waals surface area contributed by atoms with Gasteiger partial charge in [0.2, 0.25) is 0 Å². The first kappa shape index (κ1) is 12.5. The van der Waals surface area contributed by atoms with Crippen LogP contribution in [0.5, 0.6) is 0 Å². The number of hydrogen-bond donors (Lipinski definition) is 0. The van der Waals surface area contributed by atoms with Crippen LogP contribution in [0.1, 0.15) is 47.0 Å². The maximum atomic E-state index is 8.86. The first-order valence-corrected chi connectivity index (χ1v) is 6.12. The zero-order valence-corrected chi connectivity index (χ0v) is 10.6. The lowest BCUT2D eigenvalue weighted by Gasteiger charge is -2.45. The molecule has 0 spiro atoms. The summed E-state index contributed by atoms with van der Waals surface area (Å²) in [5, 5.41) is 8.86. The SMILES string of the molecule is CCC(C)N1CCC(C)(C)C(CC#N)C1. The number of likely N-dealkylation sites (tertiary alicyclic amines) is 1. The van der Waals surface area contributed by atoms with Crippen LogP contribution >= 0.6 is 0 Å². The number of hydrogen-bond acceptors (Lipinski definition) is 2. The molecular weight excluding hydrogens is 184 g/mol. The predicted molar refractivity (Wildman–Crippen MR) is 63.4 cm³/mol. The lowest BCUT2D eigenvalue weighted by Crippen LogP contribution is -2.47. The van der Waals surface area contributed by atoms with Crippen molar-refractivity contribution in [3.63, 3.8) is 0 Å². The maximum absolute atomic E-state index is 8.86. The second-order valence-corrected chi connectivity index (χ2v) is 5.55. The van der Waals surface area contributed by atoms with Gasteiger partial charge in [-0.1, -0.05) is 20.8 Å². The van der Waals surface area contributed by atoms with E-state index >= 15 is 0 Å². The molecule has 2 nitrogen and oxygen atoms in total. The third-order valence-corrected chi connectivity index (χ3v) is 4.16. The lowest BCUT2D eigenvalue weighted by atomic mass is 9.72. The topological polar surface area (TPSA) is 27.0 Å². The van der Waals surface area contributed by atoms with Crippen LogP contribution in [0.15, 0.2) is 0 Å². The molecule has 0 amide bonds. The predicted octanol–water partition coefficient (Wildman–Crippen LogP) is 3.05. The Morgan fingerprint density at radius 3 is 2.73 bits per heavy atom. The van der Waals surface area contributed by atoms with E-state index in [0.717, 1.165) is 6.54 Å². The molecule has 2 unspecified atom stereocenters. The van der Waals surface area contributed by atoms with Gasteiger partial charge in [-0.15, -0.1) is 0 Å². The van der Waals surface area contributed by atoms with Crippen LogP contribution in [0, 0.1) is 22.7 Å². The summed E-state index contributed by atoms with van der Waals surface area (Å²) in [5.41, 5.74) is 0.347. The van der Waals surface area contributed by atoms with Crippen molar-refractivity contribution in [2.24, 2.45) is 11.3 Å². The first-order valence-electron chi connectivity index (χ1n) is 6.12. The van der Waals surface area contributed by atoms with E-state index in [4.69, 9.17) is 5.26 Å². The van der Waals surface area contributed by atoms with Crippen molar-refractivity contribution in [2.75, 3.05) is 13.1 Å². The van der Waals surface area contributed by atoms with E-state index in [1.165, 1.54) is 19.4 Å². The van der Waals surface area contributed by atoms with Crippen molar-refractivity contribution in [3.8, 4) is 6.07 Å². The highest BCUT2D eigenvalue weighted by Crippen LogP contribution is 2.38. The highest BCUT2D eigenvalue weighted by atomic mass is 15.2. The summed E-state index contributed by atoms with van der Waals surface area (Å²) >= 11 is 0. The van der Waals surface area contributed by atoms with Crippen molar-refractivity contribution in [1.82, 2.24) is 4.90 Å². The molecule has 1 rings (SSSR count). The fourth-order valence-electron chi connectivity index (χ4n) is 2.37. The minimum absolute atomic E-state index is 0.347. The van der Waals surface area contributed by atoms with Crippen molar-refractivity contribution in [2.45, 2.75) is 53.0 Å². The van der Waals surface area contributed by atoms with Gasteiger partial charge in [0, 0.05) is 19.0 Å². The summed E-state index contributed by atoms with van der Waals surface area (Å²) in [7, 11) is 0. The third kappa shape index (κ3) is 2.95. The first-order chi connectivity index (χ1) is 7.01. The van der Waals surface area contributed by atoms with Crippen LogP contribution in [0.2, 0.25) is 0 Å². The number of rotatable bonds is 3. The molecular formula is C13H24N2. The zero-order valence-electron chi connectivity index (χ0n) is 10.6. The van der Waals surface area contributed by atoms with Crippen molar-refractivity contribution < 1.29 is 0 Å². The number of piperidine rings is 1. The molecule has 0 bridgehead atoms. The summed E-state index contributed by atoms with van der Waals surface area (Å²) in [4.78, 5) is 2.55. The minimum Gasteiger partial charge on any atom is -0.300 e. The molecule has 1 heterocycles. The summed E-state index contributed by atoms with van der Waals surface area (Å²) < 4.78 is 0. The molecule has 2 heteroatoms. The fraction of sp³-hybridized carbons (Fsp3) is 0.923. The van der Waals surface area contributed by atoms with Crippen molar-refractivity contribution >= 4 is 0 Å². The van der Waals surface area contributed by atoms with Gasteiger partial charge in [-0.25, -0.2) is 0 Å². The van der Waals surface area contributed by atoms with Gasteiger partial charge in [-0.05, 0) is 37.6 Å². The van der Waals surface area contributed by atoms with Gasteiger partial charge in [0.1, 0.15) is 0 Å². The molecule has 1 aliphatic heterocycles. The van der Waals surface area contributed by atoms with Crippen LogP contribution in [0.25, 0.3) is 0 Å². The van der Waals surface area contributed by atoms with Crippen LogP contribution in [0.4, 0.5) is 0 Å². The molecule has 0 aromatic heterocycles. The Labute approximate surface area is 94.3 Å². The zero-order chi connectivity index (χ0) is 11.5. The highest BCUT2D eigenvalue weighted by Gasteiger charge is 2.36. The standard InChI is InChI=1S/C13H24N2/c1-5-11(2)15-9-7-13(3,4)12(10-15)6-8-14/h11-12H,5-7,9-10H2,1-4H3. The number of nitriles is 1. The molecule has 1 saturated heterocycles. The molecule has 86 valence electrons. The van der Waals surface area contributed by atoms with E-state index in [1.54, 1.807) is 0 Å². The van der Waals surface area contributed by atoms with Crippen LogP contribution in [-0.4, -0.2) is 24.0 Å². The van der Waals surface area contributed by atoms with Crippen LogP contribution in [0.3, 0.4) is 0 Å².